The first kappa shape index (κ1) is 18.6. The van der Waals surface area contributed by atoms with Crippen LogP contribution in [0.5, 0.6) is 0 Å². The minimum Gasteiger partial charge on any atom is -0.481 e. The van der Waals surface area contributed by atoms with E-state index >= 15 is 0 Å². The Bertz CT molecular complexity index is 430. The van der Waals surface area contributed by atoms with E-state index in [2.05, 4.69) is 9.97 Å². The molecule has 0 aliphatic heterocycles. The maximum atomic E-state index is 10.3. The molecule has 21 heavy (non-hydrogen) atoms. The molecule has 0 aliphatic rings. The van der Waals surface area contributed by atoms with Gasteiger partial charge in [0.05, 0.1) is 12.0 Å². The van der Waals surface area contributed by atoms with E-state index in [9.17, 15) is 14.4 Å². The highest BCUT2D eigenvalue weighted by atomic mass is 16.4. The van der Waals surface area contributed by atoms with Crippen LogP contribution in [0.1, 0.15) is 31.4 Å². The number of hydrogen-bond acceptors (Lipinski definition) is 5. The SMILES string of the molecule is NC(Cc1c[nH]cn1)C(=O)O.O=C(O)CCCCC(=O)O. The third-order valence-electron chi connectivity index (χ3n) is 2.33. The van der Waals surface area contributed by atoms with Crippen LogP contribution in [-0.4, -0.2) is 49.2 Å². The van der Waals surface area contributed by atoms with Crippen molar-refractivity contribution in [3.05, 3.63) is 18.2 Å². The van der Waals surface area contributed by atoms with Crippen molar-refractivity contribution in [3.63, 3.8) is 0 Å². The van der Waals surface area contributed by atoms with E-state index in [0.717, 1.165) is 0 Å². The Kier molecular flexibility index (Phi) is 9.18. The molecule has 1 heterocycles. The minimum absolute atomic E-state index is 0.0628. The molecule has 0 fully saturated rings. The molecular weight excluding hydrogens is 282 g/mol. The number of imidazole rings is 1. The first-order valence-corrected chi connectivity index (χ1v) is 6.22. The van der Waals surface area contributed by atoms with Gasteiger partial charge in [-0.2, -0.15) is 0 Å². The number of unbranched alkanes of at least 4 members (excludes halogenated alkanes) is 1. The van der Waals surface area contributed by atoms with Crippen LogP contribution in [-0.2, 0) is 20.8 Å². The summed E-state index contributed by atoms with van der Waals surface area (Å²) in [5.74, 6) is -2.75. The summed E-state index contributed by atoms with van der Waals surface area (Å²) in [4.78, 5) is 36.6. The zero-order valence-electron chi connectivity index (χ0n) is 11.4. The monoisotopic (exact) mass is 301 g/mol. The molecule has 0 aliphatic carbocycles. The van der Waals surface area contributed by atoms with Gasteiger partial charge in [-0.05, 0) is 12.8 Å². The Labute approximate surface area is 120 Å². The van der Waals surface area contributed by atoms with Crippen LogP contribution < -0.4 is 5.73 Å². The molecule has 9 heteroatoms. The molecule has 1 unspecified atom stereocenters. The van der Waals surface area contributed by atoms with Crippen LogP contribution >= 0.6 is 0 Å². The Morgan fingerprint density at radius 3 is 2.00 bits per heavy atom. The van der Waals surface area contributed by atoms with Crippen LogP contribution in [0, 0.1) is 0 Å². The van der Waals surface area contributed by atoms with E-state index in [1.54, 1.807) is 6.20 Å². The second kappa shape index (κ2) is 10.4. The van der Waals surface area contributed by atoms with E-state index in [1.165, 1.54) is 6.33 Å². The van der Waals surface area contributed by atoms with Gasteiger partial charge < -0.3 is 26.0 Å². The molecule has 0 spiro atoms. The molecule has 118 valence electrons. The Morgan fingerprint density at radius 2 is 1.67 bits per heavy atom. The average molecular weight is 301 g/mol. The van der Waals surface area contributed by atoms with Gasteiger partial charge in [-0.15, -0.1) is 0 Å². The summed E-state index contributed by atoms with van der Waals surface area (Å²) >= 11 is 0. The van der Waals surface area contributed by atoms with Crippen molar-refractivity contribution in [1.82, 2.24) is 9.97 Å². The van der Waals surface area contributed by atoms with E-state index in [0.29, 0.717) is 18.5 Å². The smallest absolute Gasteiger partial charge is 0.320 e. The van der Waals surface area contributed by atoms with Crippen molar-refractivity contribution >= 4 is 17.9 Å². The summed E-state index contributed by atoms with van der Waals surface area (Å²) in [6, 6.07) is -0.863. The largest absolute Gasteiger partial charge is 0.481 e. The number of nitrogens with zero attached hydrogens (tertiary/aromatic N) is 1. The summed E-state index contributed by atoms with van der Waals surface area (Å²) in [5, 5.41) is 24.7. The molecule has 1 aromatic heterocycles. The predicted octanol–water partition coefficient (Wildman–Crippen LogP) is 0.0801. The maximum absolute atomic E-state index is 10.3. The summed E-state index contributed by atoms with van der Waals surface area (Å²) in [5.41, 5.74) is 5.92. The molecule has 1 rings (SSSR count). The first-order chi connectivity index (χ1) is 9.82. The molecule has 0 radical (unpaired) electrons. The van der Waals surface area contributed by atoms with Crippen molar-refractivity contribution in [3.8, 4) is 0 Å². The number of hydrogen-bond donors (Lipinski definition) is 5. The first-order valence-electron chi connectivity index (χ1n) is 6.22. The van der Waals surface area contributed by atoms with Crippen LogP contribution in [0.15, 0.2) is 12.5 Å². The fourth-order valence-electron chi connectivity index (χ4n) is 1.27. The fraction of sp³-hybridized carbons (Fsp3) is 0.500. The standard InChI is InChI=1S/C6H9N3O2.C6H10O4/c7-5(6(10)11)1-4-2-8-3-9-4;7-5(8)3-1-2-4-6(9)10/h2-3,5H,1,7H2,(H,8,9)(H,10,11);1-4H2,(H,7,8)(H,9,10). The number of rotatable bonds is 8. The lowest BCUT2D eigenvalue weighted by Crippen LogP contribution is -2.32. The molecular formula is C12H19N3O6. The van der Waals surface area contributed by atoms with E-state index in [4.69, 9.17) is 21.1 Å². The topological polar surface area (TPSA) is 167 Å². The zero-order valence-corrected chi connectivity index (χ0v) is 11.4. The third kappa shape index (κ3) is 11.1. The van der Waals surface area contributed by atoms with Crippen LogP contribution in [0.2, 0.25) is 0 Å². The maximum Gasteiger partial charge on any atom is 0.320 e. The molecule has 0 aromatic carbocycles. The molecule has 0 saturated carbocycles. The molecule has 0 saturated heterocycles. The van der Waals surface area contributed by atoms with Crippen LogP contribution in [0.25, 0.3) is 0 Å². The van der Waals surface area contributed by atoms with E-state index < -0.39 is 23.9 Å². The van der Waals surface area contributed by atoms with Crippen LogP contribution in [0.3, 0.4) is 0 Å². The molecule has 9 nitrogen and oxygen atoms in total. The lowest BCUT2D eigenvalue weighted by atomic mass is 10.2. The number of nitrogens with two attached hydrogens (primary N) is 1. The summed E-state index contributed by atoms with van der Waals surface area (Å²) < 4.78 is 0. The number of H-pyrrole nitrogens is 1. The number of carboxylic acids is 3. The average Bonchev–Trinajstić information content (AvgIpc) is 2.87. The van der Waals surface area contributed by atoms with E-state index in [-0.39, 0.29) is 19.3 Å². The van der Waals surface area contributed by atoms with Gasteiger partial charge in [-0.1, -0.05) is 0 Å². The number of nitrogens with one attached hydrogen (secondary N) is 1. The molecule has 0 amide bonds. The zero-order chi connectivity index (χ0) is 16.3. The van der Waals surface area contributed by atoms with Gasteiger partial charge in [0.25, 0.3) is 0 Å². The Morgan fingerprint density at radius 1 is 1.14 bits per heavy atom. The number of aromatic nitrogens is 2. The fourth-order valence-corrected chi connectivity index (χ4v) is 1.27. The molecule has 0 bridgehead atoms. The number of aliphatic carboxylic acids is 3. The van der Waals surface area contributed by atoms with Gasteiger partial charge >= 0.3 is 17.9 Å². The van der Waals surface area contributed by atoms with Crippen molar-refractivity contribution in [2.24, 2.45) is 5.73 Å². The summed E-state index contributed by atoms with van der Waals surface area (Å²) in [6.07, 6.45) is 4.40. The lowest BCUT2D eigenvalue weighted by molar-refractivity contribution is -0.139. The second-order valence-corrected chi connectivity index (χ2v) is 4.20. The number of carboxylic acid groups (broad SMARTS) is 3. The molecule has 6 N–H and O–H groups in total. The quantitative estimate of drug-likeness (QED) is 0.421. The highest BCUT2D eigenvalue weighted by Gasteiger charge is 2.12. The van der Waals surface area contributed by atoms with Crippen molar-refractivity contribution in [2.75, 3.05) is 0 Å². The Hall–Kier alpha value is -2.42. The predicted molar refractivity (Wildman–Crippen MR) is 71.6 cm³/mol. The van der Waals surface area contributed by atoms with Gasteiger partial charge in [0.1, 0.15) is 6.04 Å². The highest BCUT2D eigenvalue weighted by molar-refractivity contribution is 5.73. The molecule has 1 aromatic rings. The third-order valence-corrected chi connectivity index (χ3v) is 2.33. The van der Waals surface area contributed by atoms with Gasteiger partial charge in [0.15, 0.2) is 0 Å². The van der Waals surface area contributed by atoms with Gasteiger partial charge in [-0.3, -0.25) is 14.4 Å². The lowest BCUT2D eigenvalue weighted by Gasteiger charge is -2.01. The van der Waals surface area contributed by atoms with Gasteiger partial charge in [-0.25, -0.2) is 4.98 Å². The van der Waals surface area contributed by atoms with Crippen LogP contribution in [0.4, 0.5) is 0 Å². The van der Waals surface area contributed by atoms with Crippen molar-refractivity contribution in [1.29, 1.82) is 0 Å². The van der Waals surface area contributed by atoms with E-state index in [1.807, 2.05) is 0 Å². The van der Waals surface area contributed by atoms with Crippen molar-refractivity contribution in [2.45, 2.75) is 38.1 Å². The second-order valence-electron chi connectivity index (χ2n) is 4.20. The Balaban J connectivity index is 0.000000384. The van der Waals surface area contributed by atoms with Gasteiger partial charge in [0.2, 0.25) is 0 Å². The highest BCUT2D eigenvalue weighted by Crippen LogP contribution is 1.98. The summed E-state index contributed by atoms with van der Waals surface area (Å²) in [6.45, 7) is 0. The number of carbonyl (C=O) groups is 3. The minimum atomic E-state index is -1.01. The van der Waals surface area contributed by atoms with Crippen molar-refractivity contribution < 1.29 is 29.7 Å². The van der Waals surface area contributed by atoms with Gasteiger partial charge in [0, 0.05) is 25.5 Å². The molecule has 1 atom stereocenters. The number of aromatic amines is 1. The summed E-state index contributed by atoms with van der Waals surface area (Å²) in [7, 11) is 0. The normalized spacial score (nSPS) is 11.1.